The molecule has 42 heavy (non-hydrogen) atoms. The lowest BCUT2D eigenvalue weighted by atomic mass is 10.0. The molecule has 0 fully saturated rings. The van der Waals surface area contributed by atoms with Crippen LogP contribution in [0.2, 0.25) is 0 Å². The van der Waals surface area contributed by atoms with Crippen molar-refractivity contribution < 1.29 is 4.74 Å². The van der Waals surface area contributed by atoms with Crippen molar-refractivity contribution in [3.8, 4) is 34.0 Å². The van der Waals surface area contributed by atoms with Gasteiger partial charge in [0.25, 0.3) is 0 Å². The number of benzene rings is 4. The van der Waals surface area contributed by atoms with Gasteiger partial charge >= 0.3 is 0 Å². The van der Waals surface area contributed by atoms with E-state index in [0.29, 0.717) is 0 Å². The summed E-state index contributed by atoms with van der Waals surface area (Å²) in [6.45, 7) is 4.31. The van der Waals surface area contributed by atoms with Crippen LogP contribution in [-0.2, 0) is 0 Å². The molecule has 0 radical (unpaired) electrons. The largest absolute Gasteiger partial charge is 0.494 e. The third kappa shape index (κ3) is 3.71. The summed E-state index contributed by atoms with van der Waals surface area (Å²) in [4.78, 5) is 13.6. The van der Waals surface area contributed by atoms with E-state index < -0.39 is 0 Å². The average Bonchev–Trinajstić information content (AvgIpc) is 3.63. The second-order valence-corrected chi connectivity index (χ2v) is 10.9. The molecule has 5 heteroatoms. The molecular formula is C37H28N4O. The van der Waals surface area contributed by atoms with Gasteiger partial charge in [-0.25, -0.2) is 9.97 Å². The van der Waals surface area contributed by atoms with E-state index in [1.54, 1.807) is 7.11 Å². The van der Waals surface area contributed by atoms with Crippen molar-refractivity contribution in [2.75, 3.05) is 7.11 Å². The molecule has 4 aromatic carbocycles. The third-order valence-corrected chi connectivity index (χ3v) is 8.34. The minimum Gasteiger partial charge on any atom is -0.494 e. The number of H-pyrrole nitrogens is 1. The molecule has 0 aliphatic rings. The Morgan fingerprint density at radius 1 is 0.667 bits per heavy atom. The Morgan fingerprint density at radius 2 is 1.45 bits per heavy atom. The number of aryl methyl sites for hydroxylation is 2. The van der Waals surface area contributed by atoms with E-state index >= 15 is 0 Å². The van der Waals surface area contributed by atoms with Crippen molar-refractivity contribution in [2.24, 2.45) is 0 Å². The highest BCUT2D eigenvalue weighted by molar-refractivity contribution is 6.02. The van der Waals surface area contributed by atoms with Crippen molar-refractivity contribution >= 4 is 43.6 Å². The van der Waals surface area contributed by atoms with Gasteiger partial charge < -0.3 is 14.3 Å². The second kappa shape index (κ2) is 9.32. The van der Waals surface area contributed by atoms with E-state index in [1.807, 2.05) is 24.4 Å². The molecular weight excluding hydrogens is 516 g/mol. The molecule has 4 aromatic heterocycles. The van der Waals surface area contributed by atoms with Gasteiger partial charge in [0.2, 0.25) is 0 Å². The van der Waals surface area contributed by atoms with Gasteiger partial charge in [-0.2, -0.15) is 0 Å². The van der Waals surface area contributed by atoms with Crippen LogP contribution in [0.4, 0.5) is 0 Å². The summed E-state index contributed by atoms with van der Waals surface area (Å²) in [7, 11) is 1.72. The SMILES string of the molecule is COc1cc(-n2cc(-c3ccc4ccccc4n3)c3cccc(C)c32)cc2c(-c3cc(C)c4ccccc4n3)c[nH]c12. The number of ether oxygens (including phenoxy) is 1. The lowest BCUT2D eigenvalue weighted by Gasteiger charge is -2.12. The fourth-order valence-electron chi connectivity index (χ4n) is 6.27. The minimum absolute atomic E-state index is 0.784. The summed E-state index contributed by atoms with van der Waals surface area (Å²) in [5.41, 5.74) is 11.5. The van der Waals surface area contributed by atoms with Crippen LogP contribution >= 0.6 is 0 Å². The van der Waals surface area contributed by atoms with Crippen molar-refractivity contribution in [2.45, 2.75) is 13.8 Å². The summed E-state index contributed by atoms with van der Waals surface area (Å²) in [6, 6.07) is 33.8. The fraction of sp³-hybridized carbons (Fsp3) is 0.0811. The number of pyridine rings is 2. The Balaban J connectivity index is 1.37. The van der Waals surface area contributed by atoms with Crippen molar-refractivity contribution in [1.29, 1.82) is 0 Å². The normalized spacial score (nSPS) is 11.7. The molecule has 8 rings (SSSR count). The van der Waals surface area contributed by atoms with E-state index in [0.717, 1.165) is 72.2 Å². The van der Waals surface area contributed by atoms with Crippen LogP contribution in [0.1, 0.15) is 11.1 Å². The summed E-state index contributed by atoms with van der Waals surface area (Å²) in [6.07, 6.45) is 4.25. The van der Waals surface area contributed by atoms with Crippen LogP contribution in [0.3, 0.4) is 0 Å². The standard InChI is InChI=1S/C37H28N4O/c1-22-9-8-12-27-30(33-16-15-24-10-4-6-13-31(24)39-33)21-41(37(22)27)25-18-28-29(20-38-36(28)35(19-25)42-3)34-17-23(2)26-11-5-7-14-32(26)40-34/h4-21,38H,1-3H3. The van der Waals surface area contributed by atoms with Crippen LogP contribution in [0, 0.1) is 13.8 Å². The minimum atomic E-state index is 0.784. The maximum Gasteiger partial charge on any atom is 0.145 e. The second-order valence-electron chi connectivity index (χ2n) is 10.9. The number of aromatic amines is 1. The van der Waals surface area contributed by atoms with E-state index in [4.69, 9.17) is 14.7 Å². The quantitative estimate of drug-likeness (QED) is 0.240. The number of methoxy groups -OCH3 is 1. The number of rotatable bonds is 4. The highest BCUT2D eigenvalue weighted by atomic mass is 16.5. The zero-order valence-corrected chi connectivity index (χ0v) is 23.6. The monoisotopic (exact) mass is 544 g/mol. The molecule has 0 spiro atoms. The fourth-order valence-corrected chi connectivity index (χ4v) is 6.27. The first-order chi connectivity index (χ1) is 20.6. The van der Waals surface area contributed by atoms with Gasteiger partial charge in [-0.3, -0.25) is 0 Å². The first-order valence-corrected chi connectivity index (χ1v) is 14.1. The van der Waals surface area contributed by atoms with E-state index in [9.17, 15) is 0 Å². The first-order valence-electron chi connectivity index (χ1n) is 14.1. The number of hydrogen-bond donors (Lipinski definition) is 1. The van der Waals surface area contributed by atoms with Gasteiger partial charge in [0.05, 0.1) is 46.3 Å². The predicted molar refractivity (Wildman–Crippen MR) is 173 cm³/mol. The third-order valence-electron chi connectivity index (χ3n) is 8.34. The Morgan fingerprint density at radius 3 is 2.33 bits per heavy atom. The molecule has 4 heterocycles. The van der Waals surface area contributed by atoms with Crippen LogP contribution in [0.15, 0.2) is 109 Å². The maximum atomic E-state index is 5.94. The summed E-state index contributed by atoms with van der Waals surface area (Å²) in [5.74, 6) is 0.784. The first kappa shape index (κ1) is 24.4. The molecule has 0 saturated carbocycles. The predicted octanol–water partition coefficient (Wildman–Crippen LogP) is 9.17. The molecule has 1 N–H and O–H groups in total. The lowest BCUT2D eigenvalue weighted by molar-refractivity contribution is 0.419. The number of nitrogens with one attached hydrogen (secondary N) is 1. The van der Waals surface area contributed by atoms with Crippen molar-refractivity contribution in [1.82, 2.24) is 19.5 Å². The van der Waals surface area contributed by atoms with Crippen LogP contribution in [-0.4, -0.2) is 26.6 Å². The highest BCUT2D eigenvalue weighted by Crippen LogP contribution is 2.39. The zero-order valence-electron chi connectivity index (χ0n) is 23.6. The summed E-state index contributed by atoms with van der Waals surface area (Å²) >= 11 is 0. The van der Waals surface area contributed by atoms with E-state index in [1.165, 1.54) is 16.5 Å². The Hall–Kier alpha value is -5.42. The molecule has 0 aliphatic heterocycles. The molecule has 0 unspecified atom stereocenters. The van der Waals surface area contributed by atoms with Gasteiger partial charge in [-0.15, -0.1) is 0 Å². The number of para-hydroxylation sites is 3. The topological polar surface area (TPSA) is 55.7 Å². The lowest BCUT2D eigenvalue weighted by Crippen LogP contribution is -1.96. The van der Waals surface area contributed by atoms with Crippen LogP contribution < -0.4 is 4.74 Å². The number of hydrogen-bond acceptors (Lipinski definition) is 3. The highest BCUT2D eigenvalue weighted by Gasteiger charge is 2.19. The number of nitrogens with zero attached hydrogens (tertiary/aromatic N) is 3. The van der Waals surface area contributed by atoms with E-state index in [-0.39, 0.29) is 0 Å². The molecule has 202 valence electrons. The smallest absolute Gasteiger partial charge is 0.145 e. The number of aromatic nitrogens is 4. The van der Waals surface area contributed by atoms with Crippen molar-refractivity contribution in [3.05, 3.63) is 121 Å². The average molecular weight is 545 g/mol. The van der Waals surface area contributed by atoms with Crippen LogP contribution in [0.25, 0.3) is 71.8 Å². The van der Waals surface area contributed by atoms with Gasteiger partial charge in [0.1, 0.15) is 5.75 Å². The number of fused-ring (bicyclic) bond motifs is 4. The molecule has 0 atom stereocenters. The Bertz CT molecular complexity index is 2330. The molecule has 8 aromatic rings. The van der Waals surface area contributed by atoms with Gasteiger partial charge in [0.15, 0.2) is 0 Å². The molecule has 0 aliphatic carbocycles. The summed E-state index contributed by atoms with van der Waals surface area (Å²) < 4.78 is 8.21. The Kier molecular flexibility index (Phi) is 5.41. The molecule has 0 saturated heterocycles. The Labute approximate surface area is 243 Å². The van der Waals surface area contributed by atoms with Crippen molar-refractivity contribution in [3.63, 3.8) is 0 Å². The molecule has 5 nitrogen and oxygen atoms in total. The molecule has 0 amide bonds. The van der Waals surface area contributed by atoms with Gasteiger partial charge in [0, 0.05) is 51.1 Å². The molecule has 0 bridgehead atoms. The van der Waals surface area contributed by atoms with Gasteiger partial charge in [-0.05, 0) is 55.3 Å². The van der Waals surface area contributed by atoms with Gasteiger partial charge in [-0.1, -0.05) is 60.7 Å². The van der Waals surface area contributed by atoms with Crippen LogP contribution in [0.5, 0.6) is 5.75 Å². The summed E-state index contributed by atoms with van der Waals surface area (Å²) in [5, 5.41) is 4.53. The maximum absolute atomic E-state index is 5.94. The van der Waals surface area contributed by atoms with E-state index in [2.05, 4.69) is 108 Å². The zero-order chi connectivity index (χ0) is 28.4.